The zero-order valence-corrected chi connectivity index (χ0v) is 13.8. The van der Waals surface area contributed by atoms with E-state index in [1.807, 2.05) is 12.1 Å². The number of nitrogens with zero attached hydrogens (tertiary/aromatic N) is 2. The fourth-order valence-corrected chi connectivity index (χ4v) is 3.12. The molecular weight excluding hydrogens is 358 g/mol. The van der Waals surface area contributed by atoms with Gasteiger partial charge in [0.1, 0.15) is 11.0 Å². The molecule has 0 aliphatic heterocycles. The van der Waals surface area contributed by atoms with E-state index in [1.54, 1.807) is 0 Å². The Morgan fingerprint density at radius 3 is 2.90 bits per heavy atom. The molecule has 0 spiro atoms. The first-order chi connectivity index (χ1) is 9.65. The second-order valence-electron chi connectivity index (χ2n) is 4.49. The number of aryl methyl sites for hydroxylation is 1. The summed E-state index contributed by atoms with van der Waals surface area (Å²) in [5.74, 6) is 0. The van der Waals surface area contributed by atoms with Crippen molar-refractivity contribution in [2.24, 2.45) is 0 Å². The first kappa shape index (κ1) is 13.8. The molecule has 0 unspecified atom stereocenters. The quantitative estimate of drug-likeness (QED) is 0.704. The highest BCUT2D eigenvalue weighted by atomic mass is 79.9. The van der Waals surface area contributed by atoms with Gasteiger partial charge in [0, 0.05) is 11.0 Å². The molecule has 3 rings (SSSR count). The van der Waals surface area contributed by atoms with Crippen molar-refractivity contribution in [2.75, 3.05) is 5.32 Å². The van der Waals surface area contributed by atoms with Crippen molar-refractivity contribution < 1.29 is 0 Å². The van der Waals surface area contributed by atoms with Gasteiger partial charge in [0.2, 0.25) is 0 Å². The van der Waals surface area contributed by atoms with E-state index in [2.05, 4.69) is 55.1 Å². The van der Waals surface area contributed by atoms with E-state index in [1.165, 1.54) is 22.9 Å². The van der Waals surface area contributed by atoms with Gasteiger partial charge in [0.15, 0.2) is 0 Å². The van der Waals surface area contributed by atoms with Gasteiger partial charge in [-0.1, -0.05) is 39.7 Å². The van der Waals surface area contributed by atoms with E-state index >= 15 is 0 Å². The molecule has 102 valence electrons. The molecule has 0 radical (unpaired) electrons. The molecule has 0 atom stereocenters. The molecule has 20 heavy (non-hydrogen) atoms. The molecule has 1 heterocycles. The lowest BCUT2D eigenvalue weighted by atomic mass is 10.1. The normalized spacial score (nSPS) is 10.9. The van der Waals surface area contributed by atoms with Crippen LogP contribution in [0.3, 0.4) is 0 Å². The van der Waals surface area contributed by atoms with Crippen molar-refractivity contribution in [1.82, 2.24) is 8.75 Å². The van der Waals surface area contributed by atoms with Crippen molar-refractivity contribution in [3.63, 3.8) is 0 Å². The summed E-state index contributed by atoms with van der Waals surface area (Å²) in [6, 6.07) is 10.0. The maximum absolute atomic E-state index is 6.25. The number of hydrogen-bond donors (Lipinski definition) is 1. The molecule has 0 saturated heterocycles. The molecule has 1 aromatic heterocycles. The van der Waals surface area contributed by atoms with Crippen LogP contribution in [-0.4, -0.2) is 8.75 Å². The van der Waals surface area contributed by atoms with Crippen molar-refractivity contribution in [3.8, 4) is 0 Å². The summed E-state index contributed by atoms with van der Waals surface area (Å²) < 4.78 is 9.63. The van der Waals surface area contributed by atoms with Gasteiger partial charge >= 0.3 is 0 Å². The Morgan fingerprint density at radius 1 is 1.25 bits per heavy atom. The lowest BCUT2D eigenvalue weighted by Crippen LogP contribution is -2.01. The van der Waals surface area contributed by atoms with E-state index in [0.29, 0.717) is 11.6 Å². The van der Waals surface area contributed by atoms with Crippen molar-refractivity contribution >= 4 is 56.0 Å². The number of rotatable bonds is 3. The van der Waals surface area contributed by atoms with Crippen molar-refractivity contribution in [1.29, 1.82) is 0 Å². The van der Waals surface area contributed by atoms with Gasteiger partial charge in [-0.3, -0.25) is 0 Å². The van der Waals surface area contributed by atoms with Crippen LogP contribution in [0.4, 0.5) is 5.69 Å². The van der Waals surface area contributed by atoms with Crippen LogP contribution in [0.15, 0.2) is 34.8 Å². The smallest absolute Gasteiger partial charge is 0.129 e. The molecule has 3 aromatic rings. The fraction of sp³-hybridized carbons (Fsp3) is 0.143. The minimum absolute atomic E-state index is 0.663. The Hall–Kier alpha value is -1.17. The maximum Gasteiger partial charge on any atom is 0.129 e. The monoisotopic (exact) mass is 367 g/mol. The van der Waals surface area contributed by atoms with Crippen molar-refractivity contribution in [3.05, 3.63) is 51.0 Å². The Bertz CT molecular complexity index is 772. The van der Waals surface area contributed by atoms with E-state index < -0.39 is 0 Å². The number of nitrogens with one attached hydrogen (secondary N) is 1. The summed E-state index contributed by atoms with van der Waals surface area (Å²) >= 11 is 11.0. The molecule has 2 aromatic carbocycles. The van der Waals surface area contributed by atoms with Gasteiger partial charge in [-0.05, 0) is 36.2 Å². The number of anilines is 1. The second kappa shape index (κ2) is 5.68. The van der Waals surface area contributed by atoms with Crippen LogP contribution in [0, 0.1) is 6.92 Å². The average molecular weight is 369 g/mol. The standard InChI is InChI=1S/C14H11BrClN3S/c1-8-2-3-9(6-10(8)15)7-17-13-11(16)4-5-12-14(13)19-20-18-12/h2-6,17H,7H2,1H3. The Kier molecular flexibility index (Phi) is 3.92. The zero-order valence-electron chi connectivity index (χ0n) is 10.7. The second-order valence-corrected chi connectivity index (χ2v) is 6.28. The largest absolute Gasteiger partial charge is 0.378 e. The lowest BCUT2D eigenvalue weighted by Gasteiger charge is -2.10. The Labute approximate surface area is 134 Å². The Balaban J connectivity index is 1.88. The minimum Gasteiger partial charge on any atom is -0.378 e. The number of fused-ring (bicyclic) bond motifs is 1. The van der Waals surface area contributed by atoms with E-state index in [9.17, 15) is 0 Å². The summed E-state index contributed by atoms with van der Waals surface area (Å²) in [4.78, 5) is 0. The molecule has 0 aliphatic rings. The van der Waals surface area contributed by atoms with Gasteiger partial charge in [0.25, 0.3) is 0 Å². The minimum atomic E-state index is 0.663. The third kappa shape index (κ3) is 2.66. The number of benzene rings is 2. The first-order valence-corrected chi connectivity index (χ1v) is 7.95. The van der Waals surface area contributed by atoms with Crippen LogP contribution < -0.4 is 5.32 Å². The number of halogens is 2. The van der Waals surface area contributed by atoms with E-state index in [4.69, 9.17) is 11.6 Å². The molecule has 0 fully saturated rings. The van der Waals surface area contributed by atoms with Gasteiger partial charge < -0.3 is 5.32 Å². The fourth-order valence-electron chi connectivity index (χ4n) is 1.93. The summed E-state index contributed by atoms with van der Waals surface area (Å²) in [5.41, 5.74) is 4.94. The highest BCUT2D eigenvalue weighted by Gasteiger charge is 2.09. The van der Waals surface area contributed by atoms with Crippen LogP contribution in [0.2, 0.25) is 5.02 Å². The average Bonchev–Trinajstić information content (AvgIpc) is 2.90. The SMILES string of the molecule is Cc1ccc(CNc2c(Cl)ccc3nsnc23)cc1Br. The van der Waals surface area contributed by atoms with Gasteiger partial charge in [-0.15, -0.1) is 0 Å². The summed E-state index contributed by atoms with van der Waals surface area (Å²) in [6.07, 6.45) is 0. The predicted molar refractivity (Wildman–Crippen MR) is 88.6 cm³/mol. The molecular formula is C14H11BrClN3S. The van der Waals surface area contributed by atoms with E-state index in [0.717, 1.165) is 21.2 Å². The first-order valence-electron chi connectivity index (χ1n) is 6.05. The molecule has 0 saturated carbocycles. The van der Waals surface area contributed by atoms with Crippen LogP contribution in [0.1, 0.15) is 11.1 Å². The van der Waals surface area contributed by atoms with Crippen LogP contribution in [0.5, 0.6) is 0 Å². The molecule has 1 N–H and O–H groups in total. The number of hydrogen-bond acceptors (Lipinski definition) is 4. The lowest BCUT2D eigenvalue weighted by molar-refractivity contribution is 1.14. The maximum atomic E-state index is 6.25. The third-order valence-corrected chi connectivity index (χ3v) is 4.79. The summed E-state index contributed by atoms with van der Waals surface area (Å²) in [5, 5.41) is 4.02. The molecule has 0 bridgehead atoms. The molecule has 3 nitrogen and oxygen atoms in total. The van der Waals surface area contributed by atoms with Gasteiger partial charge in [-0.2, -0.15) is 8.75 Å². The molecule has 6 heteroatoms. The third-order valence-electron chi connectivity index (χ3n) is 3.08. The highest BCUT2D eigenvalue weighted by Crippen LogP contribution is 2.30. The van der Waals surface area contributed by atoms with Gasteiger partial charge in [0.05, 0.1) is 22.4 Å². The molecule has 0 amide bonds. The predicted octanol–water partition coefficient (Wildman–Crippen LogP) is 5.03. The van der Waals surface area contributed by atoms with Gasteiger partial charge in [-0.25, -0.2) is 0 Å². The van der Waals surface area contributed by atoms with E-state index in [-0.39, 0.29) is 0 Å². The highest BCUT2D eigenvalue weighted by molar-refractivity contribution is 9.10. The summed E-state index contributed by atoms with van der Waals surface area (Å²) in [6.45, 7) is 2.76. The zero-order chi connectivity index (χ0) is 14.1. The Morgan fingerprint density at radius 2 is 2.10 bits per heavy atom. The molecule has 0 aliphatic carbocycles. The van der Waals surface area contributed by atoms with Crippen LogP contribution >= 0.6 is 39.3 Å². The number of aromatic nitrogens is 2. The summed E-state index contributed by atoms with van der Waals surface area (Å²) in [7, 11) is 0. The topological polar surface area (TPSA) is 37.8 Å². The van der Waals surface area contributed by atoms with Crippen LogP contribution in [-0.2, 0) is 6.54 Å². The van der Waals surface area contributed by atoms with Crippen molar-refractivity contribution in [2.45, 2.75) is 13.5 Å². The van der Waals surface area contributed by atoms with Crippen LogP contribution in [0.25, 0.3) is 11.0 Å².